The molecule has 0 aliphatic rings. The Morgan fingerprint density at radius 1 is 0.621 bits per heavy atom. The molecule has 0 aromatic carbocycles. The maximum atomic E-state index is 4.71. The summed E-state index contributed by atoms with van der Waals surface area (Å²) in [5.74, 6) is 0. The fourth-order valence-corrected chi connectivity index (χ4v) is 5.65. The van der Waals surface area contributed by atoms with Crippen LogP contribution in [0.15, 0.2) is 103 Å². The van der Waals surface area contributed by atoms with E-state index < -0.39 is 7.92 Å². The minimum absolute atomic E-state index is 0.849. The molecule has 4 heterocycles. The second-order valence-electron chi connectivity index (χ2n) is 6.32. The van der Waals surface area contributed by atoms with Gasteiger partial charge in [0.05, 0.1) is 22.3 Å². The SMILES string of the molecule is CCC(=C(c1ccccn1)c1ccccn1)P(c1ccccn1)c1ccccn1. The number of rotatable bonds is 6. The van der Waals surface area contributed by atoms with E-state index >= 15 is 0 Å². The molecular formula is C24H21N4P. The van der Waals surface area contributed by atoms with Crippen molar-refractivity contribution in [1.29, 1.82) is 0 Å². The Labute approximate surface area is 172 Å². The van der Waals surface area contributed by atoms with Gasteiger partial charge < -0.3 is 0 Å². The average Bonchev–Trinajstić information content (AvgIpc) is 2.81. The zero-order chi connectivity index (χ0) is 19.9. The summed E-state index contributed by atoms with van der Waals surface area (Å²) in [4.78, 5) is 18.7. The van der Waals surface area contributed by atoms with Crippen molar-refractivity contribution in [3.05, 3.63) is 114 Å². The molecule has 29 heavy (non-hydrogen) atoms. The predicted octanol–water partition coefficient (Wildman–Crippen LogP) is 4.57. The van der Waals surface area contributed by atoms with Gasteiger partial charge in [-0.15, -0.1) is 0 Å². The van der Waals surface area contributed by atoms with Crippen molar-refractivity contribution in [1.82, 2.24) is 19.9 Å². The second-order valence-corrected chi connectivity index (χ2v) is 8.44. The van der Waals surface area contributed by atoms with Gasteiger partial charge in [0, 0.05) is 38.3 Å². The van der Waals surface area contributed by atoms with Gasteiger partial charge in [0.1, 0.15) is 0 Å². The van der Waals surface area contributed by atoms with Crippen molar-refractivity contribution in [3.63, 3.8) is 0 Å². The fraction of sp³-hybridized carbons (Fsp3) is 0.0833. The van der Waals surface area contributed by atoms with Crippen LogP contribution in [0.5, 0.6) is 0 Å². The molecule has 0 aliphatic carbocycles. The molecule has 0 spiro atoms. The molecule has 0 saturated heterocycles. The molecule has 0 radical (unpaired) electrons. The molecule has 142 valence electrons. The minimum Gasteiger partial charge on any atom is -0.256 e. The van der Waals surface area contributed by atoms with Gasteiger partial charge in [-0.1, -0.05) is 31.2 Å². The van der Waals surface area contributed by atoms with Crippen LogP contribution < -0.4 is 10.9 Å². The monoisotopic (exact) mass is 396 g/mol. The van der Waals surface area contributed by atoms with Crippen LogP contribution >= 0.6 is 7.92 Å². The molecule has 4 aromatic heterocycles. The van der Waals surface area contributed by atoms with Crippen LogP contribution in [0, 0.1) is 0 Å². The van der Waals surface area contributed by atoms with E-state index in [4.69, 9.17) is 9.97 Å². The Hall–Kier alpha value is -3.23. The number of pyridine rings is 4. The Morgan fingerprint density at radius 2 is 1.07 bits per heavy atom. The fourth-order valence-electron chi connectivity index (χ4n) is 3.26. The first-order chi connectivity index (χ1) is 14.4. The topological polar surface area (TPSA) is 51.6 Å². The van der Waals surface area contributed by atoms with Crippen molar-refractivity contribution in [2.75, 3.05) is 0 Å². The first kappa shape index (κ1) is 19.1. The third kappa shape index (κ3) is 4.28. The summed E-state index contributed by atoms with van der Waals surface area (Å²) in [6.45, 7) is 2.18. The van der Waals surface area contributed by atoms with E-state index in [0.717, 1.165) is 34.3 Å². The van der Waals surface area contributed by atoms with Crippen LogP contribution in [0.3, 0.4) is 0 Å². The largest absolute Gasteiger partial charge is 0.256 e. The highest BCUT2D eigenvalue weighted by Gasteiger charge is 2.25. The first-order valence-electron chi connectivity index (χ1n) is 9.56. The lowest BCUT2D eigenvalue weighted by Crippen LogP contribution is -2.19. The Balaban J connectivity index is 2.02. The maximum Gasteiger partial charge on any atom is 0.0734 e. The number of hydrogen-bond donors (Lipinski definition) is 0. The first-order valence-corrected chi connectivity index (χ1v) is 10.9. The summed E-state index contributed by atoms with van der Waals surface area (Å²) in [7, 11) is -0.924. The van der Waals surface area contributed by atoms with Gasteiger partial charge in [0.15, 0.2) is 0 Å². The second kappa shape index (κ2) is 9.31. The Morgan fingerprint density at radius 3 is 1.41 bits per heavy atom. The maximum absolute atomic E-state index is 4.71. The van der Waals surface area contributed by atoms with Crippen molar-refractivity contribution in [2.24, 2.45) is 0 Å². The average molecular weight is 396 g/mol. The third-order valence-electron chi connectivity index (χ3n) is 4.49. The molecular weight excluding hydrogens is 375 g/mol. The van der Waals surface area contributed by atoms with Crippen molar-refractivity contribution >= 4 is 24.4 Å². The number of aromatic nitrogens is 4. The molecule has 0 amide bonds. The lowest BCUT2D eigenvalue weighted by Gasteiger charge is -2.23. The van der Waals surface area contributed by atoms with Crippen LogP contribution in [0.1, 0.15) is 24.7 Å². The van der Waals surface area contributed by atoms with Crippen LogP contribution in [0.25, 0.3) is 5.57 Å². The Kier molecular flexibility index (Phi) is 6.13. The standard InChI is InChI=1S/C24H21N4P/c1-2-21(24(19-11-3-7-15-25-19)20-12-4-8-16-26-20)29(22-13-5-9-17-27-22)23-14-6-10-18-28-23/h3-18H,2H2,1H3. The molecule has 4 rings (SSSR count). The van der Waals surface area contributed by atoms with Crippen LogP contribution in [0.4, 0.5) is 0 Å². The zero-order valence-electron chi connectivity index (χ0n) is 16.2. The van der Waals surface area contributed by atoms with E-state index in [-0.39, 0.29) is 0 Å². The third-order valence-corrected chi connectivity index (χ3v) is 7.02. The van der Waals surface area contributed by atoms with Gasteiger partial charge in [0.25, 0.3) is 0 Å². The highest BCUT2D eigenvalue weighted by molar-refractivity contribution is 7.76. The van der Waals surface area contributed by atoms with E-state index in [9.17, 15) is 0 Å². The number of allylic oxidation sites excluding steroid dienone is 1. The summed E-state index contributed by atoms with van der Waals surface area (Å²) in [6.07, 6.45) is 8.20. The van der Waals surface area contributed by atoms with Gasteiger partial charge in [-0.25, -0.2) is 0 Å². The summed E-state index contributed by atoms with van der Waals surface area (Å²) < 4.78 is 0. The highest BCUT2D eigenvalue weighted by Crippen LogP contribution is 2.48. The molecule has 4 nitrogen and oxygen atoms in total. The highest BCUT2D eigenvalue weighted by atomic mass is 31.1. The smallest absolute Gasteiger partial charge is 0.0734 e. The van der Waals surface area contributed by atoms with Crippen molar-refractivity contribution in [3.8, 4) is 0 Å². The van der Waals surface area contributed by atoms with Crippen molar-refractivity contribution in [2.45, 2.75) is 13.3 Å². The van der Waals surface area contributed by atoms with Crippen LogP contribution in [0.2, 0.25) is 0 Å². The molecule has 5 heteroatoms. The molecule has 4 aromatic rings. The summed E-state index contributed by atoms with van der Waals surface area (Å²) in [5.41, 5.74) is 4.96. The molecule has 0 fully saturated rings. The summed E-state index contributed by atoms with van der Waals surface area (Å²) in [6, 6.07) is 24.1. The van der Waals surface area contributed by atoms with E-state index in [1.165, 1.54) is 5.31 Å². The van der Waals surface area contributed by atoms with E-state index in [1.54, 1.807) is 0 Å². The molecule has 0 atom stereocenters. The minimum atomic E-state index is -0.924. The molecule has 0 aliphatic heterocycles. The van der Waals surface area contributed by atoms with E-state index in [0.29, 0.717) is 0 Å². The number of nitrogens with zero attached hydrogens (tertiary/aromatic N) is 4. The zero-order valence-corrected chi connectivity index (χ0v) is 17.1. The predicted molar refractivity (Wildman–Crippen MR) is 119 cm³/mol. The quantitative estimate of drug-likeness (QED) is 0.448. The van der Waals surface area contributed by atoms with Gasteiger partial charge in [-0.05, 0) is 60.3 Å². The van der Waals surface area contributed by atoms with Gasteiger partial charge in [0.2, 0.25) is 0 Å². The van der Waals surface area contributed by atoms with Gasteiger partial charge in [-0.2, -0.15) is 0 Å². The molecule has 0 bridgehead atoms. The lowest BCUT2D eigenvalue weighted by atomic mass is 10.1. The van der Waals surface area contributed by atoms with Gasteiger partial charge in [-0.3, -0.25) is 19.9 Å². The normalized spacial score (nSPS) is 10.7. The Bertz CT molecular complexity index is 988. The molecule has 0 unspecified atom stereocenters. The number of hydrogen-bond acceptors (Lipinski definition) is 4. The van der Waals surface area contributed by atoms with Crippen molar-refractivity contribution < 1.29 is 0 Å². The van der Waals surface area contributed by atoms with E-state index in [1.807, 2.05) is 85.5 Å². The summed E-state index contributed by atoms with van der Waals surface area (Å²) >= 11 is 0. The van der Waals surface area contributed by atoms with Crippen LogP contribution in [-0.4, -0.2) is 19.9 Å². The lowest BCUT2D eigenvalue weighted by molar-refractivity contribution is 1.16. The molecule has 0 N–H and O–H groups in total. The molecule has 0 saturated carbocycles. The summed E-state index contributed by atoms with van der Waals surface area (Å²) in [5, 5.41) is 1.26. The van der Waals surface area contributed by atoms with Crippen LogP contribution in [-0.2, 0) is 0 Å². The van der Waals surface area contributed by atoms with Gasteiger partial charge >= 0.3 is 0 Å². The van der Waals surface area contributed by atoms with E-state index in [2.05, 4.69) is 29.0 Å².